The van der Waals surface area contributed by atoms with E-state index < -0.39 is 5.97 Å². The standard InChI is InChI=1S/C16H14N2O3/c1-2-11-9-12(6-7-17-11)21-14-5-3-4-10-8-13(16(19)20)18-15(10)14/h3-9,18H,2H2,1H3,(H,19,20). The first-order valence-corrected chi connectivity index (χ1v) is 6.65. The Kier molecular flexibility index (Phi) is 3.31. The van der Waals surface area contributed by atoms with Crippen LogP contribution in [0.5, 0.6) is 11.5 Å². The molecule has 0 spiro atoms. The van der Waals surface area contributed by atoms with Gasteiger partial charge in [-0.25, -0.2) is 4.79 Å². The second-order valence-corrected chi connectivity index (χ2v) is 4.65. The van der Waals surface area contributed by atoms with Crippen molar-refractivity contribution < 1.29 is 14.6 Å². The van der Waals surface area contributed by atoms with Crippen molar-refractivity contribution in [2.24, 2.45) is 0 Å². The predicted octanol–water partition coefficient (Wildman–Crippen LogP) is 3.62. The van der Waals surface area contributed by atoms with Gasteiger partial charge in [0.2, 0.25) is 0 Å². The summed E-state index contributed by atoms with van der Waals surface area (Å²) >= 11 is 0. The summed E-state index contributed by atoms with van der Waals surface area (Å²) in [5.41, 5.74) is 1.76. The molecule has 0 aliphatic carbocycles. The Morgan fingerprint density at radius 2 is 2.19 bits per heavy atom. The largest absolute Gasteiger partial charge is 0.477 e. The number of aromatic amines is 1. The quantitative estimate of drug-likeness (QED) is 0.766. The van der Waals surface area contributed by atoms with E-state index in [1.165, 1.54) is 0 Å². The molecule has 0 aliphatic rings. The number of hydrogen-bond donors (Lipinski definition) is 2. The van der Waals surface area contributed by atoms with Gasteiger partial charge < -0.3 is 14.8 Å². The van der Waals surface area contributed by atoms with Crippen molar-refractivity contribution in [1.82, 2.24) is 9.97 Å². The molecule has 0 saturated carbocycles. The molecule has 106 valence electrons. The molecular weight excluding hydrogens is 268 g/mol. The molecule has 0 fully saturated rings. The van der Waals surface area contributed by atoms with E-state index in [2.05, 4.69) is 9.97 Å². The molecule has 5 heteroatoms. The summed E-state index contributed by atoms with van der Waals surface area (Å²) in [6, 6.07) is 10.7. The van der Waals surface area contributed by atoms with Gasteiger partial charge in [-0.15, -0.1) is 0 Å². The molecule has 0 unspecified atom stereocenters. The minimum atomic E-state index is -0.991. The number of fused-ring (bicyclic) bond motifs is 1. The number of rotatable bonds is 4. The SMILES string of the molecule is CCc1cc(Oc2cccc3cc(C(=O)O)[nH]c23)ccn1. The number of aromatic nitrogens is 2. The fourth-order valence-electron chi connectivity index (χ4n) is 2.17. The van der Waals surface area contributed by atoms with Gasteiger partial charge in [-0.2, -0.15) is 0 Å². The summed E-state index contributed by atoms with van der Waals surface area (Å²) in [5, 5.41) is 9.86. The van der Waals surface area contributed by atoms with E-state index in [4.69, 9.17) is 9.84 Å². The summed E-state index contributed by atoms with van der Waals surface area (Å²) in [5.74, 6) is 0.281. The van der Waals surface area contributed by atoms with Crippen LogP contribution in [0.1, 0.15) is 23.1 Å². The van der Waals surface area contributed by atoms with E-state index in [0.29, 0.717) is 17.0 Å². The molecule has 3 aromatic rings. The zero-order chi connectivity index (χ0) is 14.8. The molecule has 0 atom stereocenters. The van der Waals surface area contributed by atoms with Crippen LogP contribution in [0.3, 0.4) is 0 Å². The average molecular weight is 282 g/mol. The number of para-hydroxylation sites is 1. The highest BCUT2D eigenvalue weighted by molar-refractivity contribution is 5.95. The topological polar surface area (TPSA) is 75.2 Å². The Bertz CT molecular complexity index is 808. The highest BCUT2D eigenvalue weighted by Gasteiger charge is 2.11. The minimum absolute atomic E-state index is 0.144. The van der Waals surface area contributed by atoms with E-state index >= 15 is 0 Å². The third-order valence-corrected chi connectivity index (χ3v) is 3.23. The Hall–Kier alpha value is -2.82. The third-order valence-electron chi connectivity index (χ3n) is 3.23. The van der Waals surface area contributed by atoms with Gasteiger partial charge in [-0.3, -0.25) is 4.98 Å². The van der Waals surface area contributed by atoms with Gasteiger partial charge in [0.05, 0.1) is 5.52 Å². The number of nitrogens with zero attached hydrogens (tertiary/aromatic N) is 1. The molecule has 0 amide bonds. The number of carboxylic acid groups (broad SMARTS) is 1. The van der Waals surface area contributed by atoms with Gasteiger partial charge in [-0.05, 0) is 24.6 Å². The van der Waals surface area contributed by atoms with E-state index in [1.807, 2.05) is 25.1 Å². The molecule has 0 radical (unpaired) electrons. The summed E-state index contributed by atoms with van der Waals surface area (Å²) in [6.45, 7) is 2.02. The summed E-state index contributed by atoms with van der Waals surface area (Å²) in [7, 11) is 0. The minimum Gasteiger partial charge on any atom is -0.477 e. The lowest BCUT2D eigenvalue weighted by molar-refractivity contribution is 0.0691. The maximum atomic E-state index is 11.0. The second-order valence-electron chi connectivity index (χ2n) is 4.65. The molecule has 5 nitrogen and oxygen atoms in total. The molecule has 0 bridgehead atoms. The molecule has 2 aromatic heterocycles. The lowest BCUT2D eigenvalue weighted by atomic mass is 10.2. The van der Waals surface area contributed by atoms with Crippen molar-refractivity contribution in [3.8, 4) is 11.5 Å². The van der Waals surface area contributed by atoms with E-state index in [9.17, 15) is 4.79 Å². The van der Waals surface area contributed by atoms with E-state index in [0.717, 1.165) is 17.5 Å². The van der Waals surface area contributed by atoms with Gasteiger partial charge in [0.15, 0.2) is 5.75 Å². The number of aryl methyl sites for hydroxylation is 1. The van der Waals surface area contributed by atoms with Crippen LogP contribution < -0.4 is 4.74 Å². The Balaban J connectivity index is 2.01. The van der Waals surface area contributed by atoms with Crippen molar-refractivity contribution in [2.45, 2.75) is 13.3 Å². The fourth-order valence-corrected chi connectivity index (χ4v) is 2.17. The van der Waals surface area contributed by atoms with Crippen LogP contribution in [0.15, 0.2) is 42.6 Å². The van der Waals surface area contributed by atoms with E-state index in [-0.39, 0.29) is 5.69 Å². The molecule has 0 aliphatic heterocycles. The summed E-state index contributed by atoms with van der Waals surface area (Å²) in [4.78, 5) is 18.1. The maximum absolute atomic E-state index is 11.0. The van der Waals surface area contributed by atoms with Crippen molar-refractivity contribution in [3.63, 3.8) is 0 Å². The average Bonchev–Trinajstić information content (AvgIpc) is 2.93. The number of pyridine rings is 1. The molecule has 1 aromatic carbocycles. The Morgan fingerprint density at radius 3 is 2.95 bits per heavy atom. The maximum Gasteiger partial charge on any atom is 0.352 e. The number of hydrogen-bond acceptors (Lipinski definition) is 3. The number of aromatic carboxylic acids is 1. The molecule has 2 heterocycles. The molecular formula is C16H14N2O3. The highest BCUT2D eigenvalue weighted by Crippen LogP contribution is 2.30. The highest BCUT2D eigenvalue weighted by atomic mass is 16.5. The monoisotopic (exact) mass is 282 g/mol. The first kappa shape index (κ1) is 13.2. The van der Waals surface area contributed by atoms with Gasteiger partial charge in [0.25, 0.3) is 0 Å². The normalized spacial score (nSPS) is 10.7. The molecule has 0 saturated heterocycles. The van der Waals surface area contributed by atoms with E-state index in [1.54, 1.807) is 24.4 Å². The summed E-state index contributed by atoms with van der Waals surface area (Å²) < 4.78 is 5.86. The van der Waals surface area contributed by atoms with Crippen LogP contribution in [0.4, 0.5) is 0 Å². The van der Waals surface area contributed by atoms with Gasteiger partial charge in [0, 0.05) is 23.3 Å². The smallest absolute Gasteiger partial charge is 0.352 e. The lowest BCUT2D eigenvalue weighted by Crippen LogP contribution is -1.95. The fraction of sp³-hybridized carbons (Fsp3) is 0.125. The van der Waals surface area contributed by atoms with Gasteiger partial charge in [-0.1, -0.05) is 19.1 Å². The molecule has 21 heavy (non-hydrogen) atoms. The first-order valence-electron chi connectivity index (χ1n) is 6.65. The zero-order valence-electron chi connectivity index (χ0n) is 11.5. The predicted molar refractivity (Wildman–Crippen MR) is 78.9 cm³/mol. The van der Waals surface area contributed by atoms with Gasteiger partial charge >= 0.3 is 5.97 Å². The molecule has 2 N–H and O–H groups in total. The van der Waals surface area contributed by atoms with Crippen LogP contribution in [-0.2, 0) is 6.42 Å². The molecule has 3 rings (SSSR count). The van der Waals surface area contributed by atoms with Crippen LogP contribution >= 0.6 is 0 Å². The number of carboxylic acids is 1. The number of ether oxygens (including phenoxy) is 1. The number of benzene rings is 1. The first-order chi connectivity index (χ1) is 10.2. The van der Waals surface area contributed by atoms with Gasteiger partial charge in [0.1, 0.15) is 11.4 Å². The van der Waals surface area contributed by atoms with Crippen LogP contribution in [-0.4, -0.2) is 21.0 Å². The number of H-pyrrole nitrogens is 1. The Labute approximate surface area is 121 Å². The number of nitrogens with one attached hydrogen (secondary N) is 1. The van der Waals surface area contributed by atoms with Crippen molar-refractivity contribution in [2.75, 3.05) is 0 Å². The van der Waals surface area contributed by atoms with Crippen molar-refractivity contribution in [1.29, 1.82) is 0 Å². The van der Waals surface area contributed by atoms with Crippen molar-refractivity contribution >= 4 is 16.9 Å². The lowest BCUT2D eigenvalue weighted by Gasteiger charge is -2.07. The summed E-state index contributed by atoms with van der Waals surface area (Å²) in [6.07, 6.45) is 2.53. The van der Waals surface area contributed by atoms with Crippen molar-refractivity contribution in [3.05, 3.63) is 54.0 Å². The Morgan fingerprint density at radius 1 is 1.33 bits per heavy atom. The van der Waals surface area contributed by atoms with Crippen LogP contribution in [0.2, 0.25) is 0 Å². The third kappa shape index (κ3) is 2.58. The van der Waals surface area contributed by atoms with Crippen LogP contribution in [0, 0.1) is 0 Å². The number of carbonyl (C=O) groups is 1. The zero-order valence-corrected chi connectivity index (χ0v) is 11.5. The van der Waals surface area contributed by atoms with Crippen LogP contribution in [0.25, 0.3) is 10.9 Å². The second kappa shape index (κ2) is 5.28.